The van der Waals surface area contributed by atoms with E-state index >= 15 is 0 Å². The van der Waals surface area contributed by atoms with Crippen LogP contribution < -0.4 is 20.5 Å². The molecule has 0 bridgehead atoms. The zero-order valence-corrected chi connectivity index (χ0v) is 21.8. The van der Waals surface area contributed by atoms with Crippen molar-refractivity contribution in [2.24, 2.45) is 5.92 Å². The normalized spacial score (nSPS) is 15.6. The third-order valence-corrected chi connectivity index (χ3v) is 6.41. The Morgan fingerprint density at radius 1 is 1.11 bits per heavy atom. The molecule has 1 aliphatic rings. The van der Waals surface area contributed by atoms with E-state index in [2.05, 4.69) is 27.2 Å². The van der Waals surface area contributed by atoms with Crippen LogP contribution >= 0.6 is 0 Å². The van der Waals surface area contributed by atoms with Crippen molar-refractivity contribution in [1.29, 1.82) is 0 Å². The van der Waals surface area contributed by atoms with Gasteiger partial charge in [0, 0.05) is 30.2 Å². The second kappa shape index (κ2) is 10.6. The number of nitrogen functional groups attached to an aromatic ring is 1. The van der Waals surface area contributed by atoms with Crippen molar-refractivity contribution < 1.29 is 22.6 Å². The number of hydrogen-bond acceptors (Lipinski definition) is 7. The summed E-state index contributed by atoms with van der Waals surface area (Å²) in [6, 6.07) is 6.66. The lowest BCUT2D eigenvalue weighted by molar-refractivity contribution is -0.137. The van der Waals surface area contributed by atoms with Crippen molar-refractivity contribution in [3.63, 3.8) is 0 Å². The van der Waals surface area contributed by atoms with Gasteiger partial charge in [-0.25, -0.2) is 9.97 Å². The molecule has 0 unspecified atom stereocenters. The van der Waals surface area contributed by atoms with Gasteiger partial charge in [-0.2, -0.15) is 13.2 Å². The predicted octanol–water partition coefficient (Wildman–Crippen LogP) is 5.83. The number of nitrogens with zero attached hydrogens (tertiary/aromatic N) is 3. The number of alkyl halides is 3. The SMILES string of the molecule is COc1cc2nc(C)nc(N[C@H](C)c3cc(N)cc(C(F)(F)F)c3)c2cc1O[C@H](C)CN(C)CC1CC1. The molecule has 37 heavy (non-hydrogen) atoms. The summed E-state index contributed by atoms with van der Waals surface area (Å²) in [5.41, 5.74) is 6.06. The summed E-state index contributed by atoms with van der Waals surface area (Å²) in [5, 5.41) is 3.92. The van der Waals surface area contributed by atoms with Crippen molar-refractivity contribution in [2.45, 2.75) is 51.9 Å². The second-order valence-corrected chi connectivity index (χ2v) is 9.98. The second-order valence-electron chi connectivity index (χ2n) is 9.98. The quantitative estimate of drug-likeness (QED) is 0.327. The van der Waals surface area contributed by atoms with E-state index in [0.717, 1.165) is 31.1 Å². The Bertz CT molecular complexity index is 1260. The molecule has 1 saturated carbocycles. The molecule has 1 fully saturated rings. The van der Waals surface area contributed by atoms with Gasteiger partial charge in [0.15, 0.2) is 11.5 Å². The predicted molar refractivity (Wildman–Crippen MR) is 139 cm³/mol. The summed E-state index contributed by atoms with van der Waals surface area (Å²) >= 11 is 0. The molecule has 10 heteroatoms. The third kappa shape index (κ3) is 6.74. The van der Waals surface area contributed by atoms with Gasteiger partial charge in [0.05, 0.1) is 24.2 Å². The number of aromatic nitrogens is 2. The van der Waals surface area contributed by atoms with Crippen LogP contribution in [0.3, 0.4) is 0 Å². The molecule has 200 valence electrons. The van der Waals surface area contributed by atoms with Gasteiger partial charge in [-0.1, -0.05) is 0 Å². The number of hydrogen-bond donors (Lipinski definition) is 2. The minimum Gasteiger partial charge on any atom is -0.493 e. The maximum absolute atomic E-state index is 13.3. The highest BCUT2D eigenvalue weighted by Crippen LogP contribution is 2.37. The maximum atomic E-state index is 13.3. The fourth-order valence-corrected chi connectivity index (χ4v) is 4.50. The zero-order chi connectivity index (χ0) is 26.9. The molecule has 7 nitrogen and oxygen atoms in total. The number of fused-ring (bicyclic) bond motifs is 1. The lowest BCUT2D eigenvalue weighted by Gasteiger charge is -2.23. The Labute approximate surface area is 215 Å². The highest BCUT2D eigenvalue weighted by molar-refractivity contribution is 5.92. The number of benzene rings is 2. The van der Waals surface area contributed by atoms with Crippen molar-refractivity contribution in [3.8, 4) is 11.5 Å². The molecule has 0 saturated heterocycles. The van der Waals surface area contributed by atoms with E-state index in [9.17, 15) is 13.2 Å². The number of ether oxygens (including phenoxy) is 2. The fourth-order valence-electron chi connectivity index (χ4n) is 4.50. The van der Waals surface area contributed by atoms with Gasteiger partial charge in [-0.05, 0) is 76.4 Å². The average molecular weight is 518 g/mol. The molecule has 2 atom stereocenters. The summed E-state index contributed by atoms with van der Waals surface area (Å²) in [6.07, 6.45) is -2.00. The molecule has 0 amide bonds. The first-order valence-electron chi connectivity index (χ1n) is 12.4. The number of anilines is 2. The van der Waals surface area contributed by atoms with Crippen LogP contribution in [0.1, 0.15) is 49.7 Å². The minimum absolute atomic E-state index is 0.0447. The fraction of sp³-hybridized carbons (Fsp3) is 0.481. The Kier molecular flexibility index (Phi) is 7.68. The first-order chi connectivity index (χ1) is 17.4. The van der Waals surface area contributed by atoms with Crippen molar-refractivity contribution in [1.82, 2.24) is 14.9 Å². The summed E-state index contributed by atoms with van der Waals surface area (Å²) in [4.78, 5) is 11.3. The van der Waals surface area contributed by atoms with Gasteiger partial charge < -0.3 is 25.4 Å². The number of methoxy groups -OCH3 is 1. The molecule has 2 aromatic carbocycles. The van der Waals surface area contributed by atoms with Crippen LogP contribution in [-0.2, 0) is 6.18 Å². The van der Waals surface area contributed by atoms with Gasteiger partial charge in [0.1, 0.15) is 17.7 Å². The van der Waals surface area contributed by atoms with Crippen LogP contribution in [0, 0.1) is 12.8 Å². The van der Waals surface area contributed by atoms with E-state index in [0.29, 0.717) is 39.6 Å². The topological polar surface area (TPSA) is 85.5 Å². The first kappa shape index (κ1) is 26.8. The van der Waals surface area contributed by atoms with E-state index in [-0.39, 0.29) is 11.8 Å². The number of aryl methyl sites for hydroxylation is 1. The van der Waals surface area contributed by atoms with E-state index < -0.39 is 17.8 Å². The van der Waals surface area contributed by atoms with E-state index in [4.69, 9.17) is 15.2 Å². The van der Waals surface area contributed by atoms with Crippen molar-refractivity contribution in [3.05, 3.63) is 47.3 Å². The Morgan fingerprint density at radius 2 is 1.84 bits per heavy atom. The number of halogens is 3. The van der Waals surface area contributed by atoms with Gasteiger partial charge in [-0.15, -0.1) is 0 Å². The standard InChI is InChI=1S/C27H34F3N5O2/c1-15(13-35(4)14-18-6-7-18)37-25-11-22-23(12-24(25)36-5)33-17(3)34-26(22)32-16(2)19-8-20(27(28,29)30)10-21(31)9-19/h8-12,15-16,18H,6-7,13-14,31H2,1-5H3,(H,32,33,34)/t15-,16-/m1/s1. The van der Waals surface area contributed by atoms with Crippen molar-refractivity contribution in [2.75, 3.05) is 38.3 Å². The van der Waals surface area contributed by atoms with Crippen LogP contribution in [0.4, 0.5) is 24.7 Å². The smallest absolute Gasteiger partial charge is 0.416 e. The van der Waals surface area contributed by atoms with Gasteiger partial charge >= 0.3 is 6.18 Å². The molecular weight excluding hydrogens is 483 g/mol. The molecule has 0 aliphatic heterocycles. The molecule has 0 radical (unpaired) electrons. The summed E-state index contributed by atoms with van der Waals surface area (Å²) < 4.78 is 51.9. The Balaban J connectivity index is 1.63. The van der Waals surface area contributed by atoms with Crippen LogP contribution in [0.5, 0.6) is 11.5 Å². The summed E-state index contributed by atoms with van der Waals surface area (Å²) in [7, 11) is 3.67. The highest BCUT2D eigenvalue weighted by atomic mass is 19.4. The summed E-state index contributed by atoms with van der Waals surface area (Å²) in [6.45, 7) is 7.35. The number of nitrogens with two attached hydrogens (primary N) is 1. The summed E-state index contributed by atoms with van der Waals surface area (Å²) in [5.74, 6) is 2.88. The zero-order valence-electron chi connectivity index (χ0n) is 21.8. The lowest BCUT2D eigenvalue weighted by atomic mass is 10.0. The Morgan fingerprint density at radius 3 is 2.49 bits per heavy atom. The van der Waals surface area contributed by atoms with Crippen LogP contribution in [0.2, 0.25) is 0 Å². The van der Waals surface area contributed by atoms with Gasteiger partial charge in [0.25, 0.3) is 0 Å². The highest BCUT2D eigenvalue weighted by Gasteiger charge is 2.31. The monoisotopic (exact) mass is 517 g/mol. The molecule has 1 aromatic heterocycles. The number of nitrogens with one attached hydrogen (secondary N) is 1. The molecule has 1 heterocycles. The third-order valence-electron chi connectivity index (χ3n) is 6.41. The first-order valence-corrected chi connectivity index (χ1v) is 12.4. The van der Waals surface area contributed by atoms with Gasteiger partial charge in [-0.3, -0.25) is 0 Å². The molecule has 3 N–H and O–H groups in total. The Hall–Kier alpha value is -3.27. The number of likely N-dealkylation sites (N-methyl/N-ethyl adjacent to an activating group) is 1. The van der Waals surface area contributed by atoms with E-state index in [1.165, 1.54) is 18.9 Å². The lowest BCUT2D eigenvalue weighted by Crippen LogP contribution is -2.32. The van der Waals surface area contributed by atoms with Crippen LogP contribution in [0.25, 0.3) is 10.9 Å². The maximum Gasteiger partial charge on any atom is 0.416 e. The van der Waals surface area contributed by atoms with Crippen LogP contribution in [0.15, 0.2) is 30.3 Å². The van der Waals surface area contributed by atoms with E-state index in [1.54, 1.807) is 27.0 Å². The molecule has 4 rings (SSSR count). The van der Waals surface area contributed by atoms with E-state index in [1.807, 2.05) is 13.0 Å². The molecule has 0 spiro atoms. The largest absolute Gasteiger partial charge is 0.493 e. The molecule has 3 aromatic rings. The molecular formula is C27H34F3N5O2. The number of rotatable bonds is 10. The molecule has 1 aliphatic carbocycles. The average Bonchev–Trinajstić information content (AvgIpc) is 3.61. The minimum atomic E-state index is -4.49. The van der Waals surface area contributed by atoms with Crippen molar-refractivity contribution >= 4 is 22.4 Å². The van der Waals surface area contributed by atoms with Gasteiger partial charge in [0.2, 0.25) is 0 Å². The van der Waals surface area contributed by atoms with Crippen LogP contribution in [-0.4, -0.2) is 48.2 Å².